The molecule has 2 aromatic carbocycles. The number of amides is 4. The minimum atomic E-state index is -1.31. The lowest BCUT2D eigenvalue weighted by molar-refractivity contribution is -0.142. The van der Waals surface area contributed by atoms with Crippen LogP contribution in [0.15, 0.2) is 42.5 Å². The molecule has 0 bridgehead atoms. The van der Waals surface area contributed by atoms with Gasteiger partial charge in [0.25, 0.3) is 5.91 Å². The van der Waals surface area contributed by atoms with Crippen LogP contribution in [0.1, 0.15) is 81.7 Å². The van der Waals surface area contributed by atoms with Crippen molar-refractivity contribution < 1.29 is 23.9 Å². The fourth-order valence-corrected chi connectivity index (χ4v) is 4.27. The van der Waals surface area contributed by atoms with E-state index in [1.165, 1.54) is 4.90 Å². The van der Waals surface area contributed by atoms with Crippen LogP contribution >= 0.6 is 0 Å². The van der Waals surface area contributed by atoms with Crippen molar-refractivity contribution in [3.05, 3.63) is 64.7 Å². The number of nitrogens with one attached hydrogen (secondary N) is 2. The number of para-hydroxylation sites is 1. The predicted molar refractivity (Wildman–Crippen MR) is 157 cm³/mol. The lowest BCUT2D eigenvalue weighted by atomic mass is 9.97. The minimum Gasteiger partial charge on any atom is -0.444 e. The Kier molecular flexibility index (Phi) is 11.7. The molecule has 9 nitrogen and oxygen atoms in total. The number of nitrogens with two attached hydrogens (primary N) is 1. The van der Waals surface area contributed by atoms with Gasteiger partial charge in [-0.25, -0.2) is 4.79 Å². The van der Waals surface area contributed by atoms with Gasteiger partial charge in [-0.15, -0.1) is 0 Å². The van der Waals surface area contributed by atoms with E-state index in [2.05, 4.69) is 10.6 Å². The van der Waals surface area contributed by atoms with Gasteiger partial charge in [-0.3, -0.25) is 14.4 Å². The third-order valence-corrected chi connectivity index (χ3v) is 6.49. The third kappa shape index (κ3) is 9.70. The fraction of sp³-hybridized carbons (Fsp3) is 0.484. The molecule has 0 radical (unpaired) electrons. The molecule has 0 fully saturated rings. The number of carbonyl (C=O) groups is 4. The first-order valence-corrected chi connectivity index (χ1v) is 13.8. The molecule has 0 aliphatic heterocycles. The van der Waals surface area contributed by atoms with Gasteiger partial charge >= 0.3 is 6.09 Å². The Morgan fingerprint density at radius 3 is 2.20 bits per heavy atom. The van der Waals surface area contributed by atoms with Crippen molar-refractivity contribution in [1.29, 1.82) is 0 Å². The number of primary amides is 1. The molecule has 2 atom stereocenters. The normalized spacial score (nSPS) is 12.7. The zero-order valence-corrected chi connectivity index (χ0v) is 24.8. The van der Waals surface area contributed by atoms with Crippen molar-refractivity contribution in [3.63, 3.8) is 0 Å². The number of hydrogen-bond donors (Lipinski definition) is 3. The van der Waals surface area contributed by atoms with E-state index in [4.69, 9.17) is 10.5 Å². The Labute approximate surface area is 237 Å². The number of carbonyl (C=O) groups excluding carboxylic acids is 4. The summed E-state index contributed by atoms with van der Waals surface area (Å²) in [4.78, 5) is 54.2. The molecule has 2 unspecified atom stereocenters. The second-order valence-corrected chi connectivity index (χ2v) is 11.2. The summed E-state index contributed by atoms with van der Waals surface area (Å²) in [5.74, 6) is -1.77. The molecule has 0 aliphatic carbocycles. The number of hydrogen-bond acceptors (Lipinski definition) is 5. The number of alkyl carbamates (subject to hydrolysis) is 1. The molecule has 4 amide bonds. The Morgan fingerprint density at radius 2 is 1.62 bits per heavy atom. The van der Waals surface area contributed by atoms with Crippen molar-refractivity contribution in [2.45, 2.75) is 91.8 Å². The molecule has 0 aliphatic rings. The Morgan fingerprint density at radius 1 is 0.950 bits per heavy atom. The lowest BCUT2D eigenvalue weighted by Crippen LogP contribution is -2.53. The summed E-state index contributed by atoms with van der Waals surface area (Å²) >= 11 is 0. The molecule has 40 heavy (non-hydrogen) atoms. The monoisotopic (exact) mass is 552 g/mol. The topological polar surface area (TPSA) is 131 Å². The van der Waals surface area contributed by atoms with Gasteiger partial charge in [0.15, 0.2) is 0 Å². The molecule has 4 N–H and O–H groups in total. The van der Waals surface area contributed by atoms with Gasteiger partial charge in [-0.05, 0) is 76.3 Å². The van der Waals surface area contributed by atoms with Crippen LogP contribution < -0.4 is 16.4 Å². The summed E-state index contributed by atoms with van der Waals surface area (Å²) in [7, 11) is 0. The third-order valence-electron chi connectivity index (χ3n) is 6.49. The highest BCUT2D eigenvalue weighted by molar-refractivity contribution is 6.00. The zero-order valence-electron chi connectivity index (χ0n) is 24.8. The highest BCUT2D eigenvalue weighted by atomic mass is 16.6. The van der Waals surface area contributed by atoms with Crippen LogP contribution in [-0.2, 0) is 19.1 Å². The quantitative estimate of drug-likeness (QED) is 0.316. The maximum Gasteiger partial charge on any atom is 0.408 e. The SMILES string of the molecule is CCCCCN(C(=O)C(CC(N)=O)NC(=O)OC(C)(C)C)C(C(=O)Nc1ccccc1C)c1ccc(C)c(C)c1. The van der Waals surface area contributed by atoms with Gasteiger partial charge in [0.1, 0.15) is 17.7 Å². The van der Waals surface area contributed by atoms with E-state index in [1.807, 2.05) is 64.1 Å². The molecule has 0 saturated carbocycles. The molecular formula is C31H44N4O5. The Balaban J connectivity index is 2.59. The maximum absolute atomic E-state index is 14.1. The summed E-state index contributed by atoms with van der Waals surface area (Å²) in [6.45, 7) is 13.2. The summed E-state index contributed by atoms with van der Waals surface area (Å²) in [6.07, 6.45) is 1.04. The second kappa shape index (κ2) is 14.5. The molecule has 0 spiro atoms. The Bertz CT molecular complexity index is 1200. The van der Waals surface area contributed by atoms with Crippen LogP contribution in [0.25, 0.3) is 0 Å². The molecule has 0 aromatic heterocycles. The van der Waals surface area contributed by atoms with Gasteiger partial charge in [0, 0.05) is 12.2 Å². The van der Waals surface area contributed by atoms with E-state index < -0.39 is 47.9 Å². The van der Waals surface area contributed by atoms with E-state index in [0.29, 0.717) is 17.7 Å². The highest BCUT2D eigenvalue weighted by Gasteiger charge is 2.37. The second-order valence-electron chi connectivity index (χ2n) is 11.2. The zero-order chi connectivity index (χ0) is 30.0. The summed E-state index contributed by atoms with van der Waals surface area (Å²) in [5, 5.41) is 5.50. The molecule has 9 heteroatoms. The van der Waals surface area contributed by atoms with Crippen molar-refractivity contribution in [3.8, 4) is 0 Å². The number of rotatable bonds is 12. The average molecular weight is 553 g/mol. The molecule has 218 valence electrons. The van der Waals surface area contributed by atoms with E-state index in [1.54, 1.807) is 26.8 Å². The average Bonchev–Trinajstić information content (AvgIpc) is 2.84. The van der Waals surface area contributed by atoms with Gasteiger partial charge in [0.05, 0.1) is 6.42 Å². The van der Waals surface area contributed by atoms with E-state index >= 15 is 0 Å². The van der Waals surface area contributed by atoms with E-state index in [0.717, 1.165) is 29.5 Å². The summed E-state index contributed by atoms with van der Waals surface area (Å²) in [6, 6.07) is 10.7. The van der Waals surface area contributed by atoms with Crippen molar-refractivity contribution in [1.82, 2.24) is 10.2 Å². The van der Waals surface area contributed by atoms with Crippen LogP contribution in [0, 0.1) is 20.8 Å². The number of ether oxygens (including phenoxy) is 1. The van der Waals surface area contributed by atoms with Crippen molar-refractivity contribution in [2.75, 3.05) is 11.9 Å². The first-order valence-electron chi connectivity index (χ1n) is 13.8. The number of anilines is 1. The van der Waals surface area contributed by atoms with Gasteiger partial charge in [-0.1, -0.05) is 56.2 Å². The fourth-order valence-electron chi connectivity index (χ4n) is 4.27. The van der Waals surface area contributed by atoms with Gasteiger partial charge in [-0.2, -0.15) is 0 Å². The smallest absolute Gasteiger partial charge is 0.408 e. The van der Waals surface area contributed by atoms with E-state index in [9.17, 15) is 19.2 Å². The van der Waals surface area contributed by atoms with Gasteiger partial charge < -0.3 is 26.0 Å². The number of unbranched alkanes of at least 4 members (excludes halogenated alkanes) is 2. The predicted octanol–water partition coefficient (Wildman–Crippen LogP) is 5.08. The Hall–Kier alpha value is -3.88. The number of benzene rings is 2. The maximum atomic E-state index is 14.1. The van der Waals surface area contributed by atoms with Gasteiger partial charge in [0.2, 0.25) is 11.8 Å². The molecule has 2 rings (SSSR count). The largest absolute Gasteiger partial charge is 0.444 e. The first-order chi connectivity index (χ1) is 18.7. The number of aryl methyl sites for hydroxylation is 3. The first kappa shape index (κ1) is 32.3. The molecular weight excluding hydrogens is 508 g/mol. The van der Waals surface area contributed by atoms with Crippen molar-refractivity contribution >= 4 is 29.5 Å². The van der Waals surface area contributed by atoms with Crippen molar-refractivity contribution in [2.24, 2.45) is 5.73 Å². The van der Waals surface area contributed by atoms with Crippen LogP contribution in [0.5, 0.6) is 0 Å². The summed E-state index contributed by atoms with van der Waals surface area (Å²) < 4.78 is 5.34. The minimum absolute atomic E-state index is 0.233. The standard InChI is InChI=1S/C31H44N4O5/c1-8-9-12-17-35(29(38)25(19-26(32)36)34-30(39)40-31(5,6)7)27(23-16-15-20(2)22(4)18-23)28(37)33-24-14-11-10-13-21(24)3/h10-11,13-16,18,25,27H,8-9,12,17,19H2,1-7H3,(H2,32,36)(H,33,37)(H,34,39). The van der Waals surface area contributed by atoms with Crippen LogP contribution in [0.2, 0.25) is 0 Å². The molecule has 0 heterocycles. The molecule has 0 saturated heterocycles. The highest BCUT2D eigenvalue weighted by Crippen LogP contribution is 2.28. The number of nitrogens with zero attached hydrogens (tertiary/aromatic N) is 1. The van der Waals surface area contributed by atoms with Crippen LogP contribution in [0.3, 0.4) is 0 Å². The molecule has 2 aromatic rings. The summed E-state index contributed by atoms with van der Waals surface area (Å²) in [5.41, 5.74) is 8.79. The van der Waals surface area contributed by atoms with E-state index in [-0.39, 0.29) is 6.54 Å². The van der Waals surface area contributed by atoms with Crippen LogP contribution in [-0.4, -0.2) is 46.9 Å². The lowest BCUT2D eigenvalue weighted by Gasteiger charge is -2.34. The van der Waals surface area contributed by atoms with Crippen LogP contribution in [0.4, 0.5) is 10.5 Å².